The van der Waals surface area contributed by atoms with Crippen molar-refractivity contribution in [2.75, 3.05) is 13.1 Å². The smallest absolute Gasteiger partial charge is 0.254 e. The highest BCUT2D eigenvalue weighted by Gasteiger charge is 2.24. The minimum atomic E-state index is 0.177. The normalized spacial score (nSPS) is 19.4. The Labute approximate surface area is 107 Å². The van der Waals surface area contributed by atoms with Crippen molar-refractivity contribution in [1.82, 2.24) is 4.90 Å². The zero-order chi connectivity index (χ0) is 12.5. The molecule has 1 heterocycles. The van der Waals surface area contributed by atoms with Crippen LogP contribution in [-0.2, 0) is 0 Å². The minimum Gasteiger partial charge on any atom is -0.338 e. The van der Waals surface area contributed by atoms with E-state index < -0.39 is 0 Å². The number of likely N-dealkylation sites (tertiary alicyclic amines) is 1. The van der Waals surface area contributed by atoms with Crippen LogP contribution in [0.3, 0.4) is 0 Å². The molecule has 1 unspecified atom stereocenters. The lowest BCUT2D eigenvalue weighted by Crippen LogP contribution is -2.28. The van der Waals surface area contributed by atoms with Crippen molar-refractivity contribution in [3.8, 4) is 0 Å². The van der Waals surface area contributed by atoms with Crippen molar-refractivity contribution < 1.29 is 4.79 Å². The lowest BCUT2D eigenvalue weighted by atomic mass is 10.0. The molecule has 0 N–H and O–H groups in total. The predicted molar refractivity (Wildman–Crippen MR) is 73.6 cm³/mol. The first-order chi connectivity index (χ1) is 8.75. The van der Waals surface area contributed by atoms with Gasteiger partial charge in [0.15, 0.2) is 0 Å². The minimum absolute atomic E-state index is 0.177. The maximum Gasteiger partial charge on any atom is 0.254 e. The molecule has 1 aliphatic rings. The Morgan fingerprint density at radius 3 is 2.72 bits per heavy atom. The number of hydrogen-bond acceptors (Lipinski definition) is 1. The van der Waals surface area contributed by atoms with E-state index in [-0.39, 0.29) is 5.91 Å². The van der Waals surface area contributed by atoms with Crippen molar-refractivity contribution in [3.05, 3.63) is 48.0 Å². The average Bonchev–Trinajstić information content (AvgIpc) is 2.84. The van der Waals surface area contributed by atoms with Gasteiger partial charge in [-0.25, -0.2) is 0 Å². The summed E-state index contributed by atoms with van der Waals surface area (Å²) < 4.78 is 0. The van der Waals surface area contributed by atoms with Crippen molar-refractivity contribution >= 4 is 16.7 Å². The molecule has 0 spiro atoms. The number of benzene rings is 2. The summed E-state index contributed by atoms with van der Waals surface area (Å²) in [5, 5.41) is 2.19. The van der Waals surface area contributed by atoms with Crippen molar-refractivity contribution in [2.24, 2.45) is 5.92 Å². The maximum atomic E-state index is 12.5. The van der Waals surface area contributed by atoms with Gasteiger partial charge in [0.05, 0.1) is 0 Å². The molecule has 2 aromatic rings. The molecule has 0 aliphatic carbocycles. The topological polar surface area (TPSA) is 20.3 Å². The van der Waals surface area contributed by atoms with E-state index in [0.717, 1.165) is 35.8 Å². The van der Waals surface area contributed by atoms with Gasteiger partial charge in [-0.1, -0.05) is 43.3 Å². The molecule has 3 rings (SSSR count). The summed E-state index contributed by atoms with van der Waals surface area (Å²) >= 11 is 0. The highest BCUT2D eigenvalue weighted by Crippen LogP contribution is 2.23. The molecule has 0 saturated carbocycles. The van der Waals surface area contributed by atoms with Crippen LogP contribution in [0.5, 0.6) is 0 Å². The highest BCUT2D eigenvalue weighted by atomic mass is 16.2. The highest BCUT2D eigenvalue weighted by molar-refractivity contribution is 6.07. The number of rotatable bonds is 1. The molecule has 0 bridgehead atoms. The molecular weight excluding hydrogens is 222 g/mol. The van der Waals surface area contributed by atoms with E-state index in [0.29, 0.717) is 5.92 Å². The van der Waals surface area contributed by atoms with E-state index in [2.05, 4.69) is 19.1 Å². The number of hydrogen-bond donors (Lipinski definition) is 0. The van der Waals surface area contributed by atoms with Crippen LogP contribution in [0.2, 0.25) is 0 Å². The Hall–Kier alpha value is -1.83. The summed E-state index contributed by atoms with van der Waals surface area (Å²) in [5.41, 5.74) is 0.835. The monoisotopic (exact) mass is 239 g/mol. The van der Waals surface area contributed by atoms with Crippen LogP contribution in [0.1, 0.15) is 23.7 Å². The van der Waals surface area contributed by atoms with Gasteiger partial charge in [0.2, 0.25) is 0 Å². The van der Waals surface area contributed by atoms with E-state index in [1.165, 1.54) is 0 Å². The van der Waals surface area contributed by atoms with Gasteiger partial charge in [-0.2, -0.15) is 0 Å². The van der Waals surface area contributed by atoms with Crippen LogP contribution in [0.15, 0.2) is 42.5 Å². The summed E-state index contributed by atoms with van der Waals surface area (Å²) in [7, 11) is 0. The molecule has 1 amide bonds. The largest absolute Gasteiger partial charge is 0.338 e. The zero-order valence-corrected chi connectivity index (χ0v) is 10.6. The molecule has 92 valence electrons. The SMILES string of the molecule is CC1CCN(C(=O)c2cccc3ccccc23)C1. The Kier molecular flexibility index (Phi) is 2.78. The second-order valence-electron chi connectivity index (χ2n) is 5.17. The van der Waals surface area contributed by atoms with Gasteiger partial charge < -0.3 is 4.90 Å². The van der Waals surface area contributed by atoms with E-state index in [1.807, 2.05) is 35.2 Å². The lowest BCUT2D eigenvalue weighted by molar-refractivity contribution is 0.0790. The standard InChI is InChI=1S/C16H17NO/c1-12-9-10-17(11-12)16(18)15-8-4-6-13-5-2-3-7-14(13)15/h2-8,12H,9-11H2,1H3. The summed E-state index contributed by atoms with van der Waals surface area (Å²) in [6.45, 7) is 3.99. The van der Waals surface area contributed by atoms with Crippen molar-refractivity contribution in [1.29, 1.82) is 0 Å². The maximum absolute atomic E-state index is 12.5. The second-order valence-corrected chi connectivity index (χ2v) is 5.17. The number of nitrogens with zero attached hydrogens (tertiary/aromatic N) is 1. The van der Waals surface area contributed by atoms with Gasteiger partial charge >= 0.3 is 0 Å². The first kappa shape index (κ1) is 11.3. The van der Waals surface area contributed by atoms with Gasteiger partial charge in [-0.05, 0) is 29.2 Å². The Balaban J connectivity index is 2.01. The van der Waals surface area contributed by atoms with Crippen molar-refractivity contribution in [2.45, 2.75) is 13.3 Å². The molecule has 2 aromatic carbocycles. The zero-order valence-electron chi connectivity index (χ0n) is 10.6. The van der Waals surface area contributed by atoms with E-state index in [4.69, 9.17) is 0 Å². The van der Waals surface area contributed by atoms with E-state index in [9.17, 15) is 4.79 Å². The van der Waals surface area contributed by atoms with Crippen LogP contribution < -0.4 is 0 Å². The fourth-order valence-electron chi connectivity index (χ4n) is 2.70. The summed E-state index contributed by atoms with van der Waals surface area (Å²) in [6.07, 6.45) is 1.12. The summed E-state index contributed by atoms with van der Waals surface area (Å²) in [4.78, 5) is 14.5. The molecule has 2 nitrogen and oxygen atoms in total. The summed E-state index contributed by atoms with van der Waals surface area (Å²) in [6, 6.07) is 14.0. The van der Waals surface area contributed by atoms with Crippen LogP contribution in [0.4, 0.5) is 0 Å². The predicted octanol–water partition coefficient (Wildman–Crippen LogP) is 3.32. The Morgan fingerprint density at radius 2 is 1.94 bits per heavy atom. The fraction of sp³-hybridized carbons (Fsp3) is 0.312. The summed E-state index contributed by atoms with van der Waals surface area (Å²) in [5.74, 6) is 0.806. The number of fused-ring (bicyclic) bond motifs is 1. The van der Waals surface area contributed by atoms with Gasteiger partial charge in [0, 0.05) is 18.7 Å². The molecular formula is C16H17NO. The first-order valence-electron chi connectivity index (χ1n) is 6.53. The molecule has 1 aliphatic heterocycles. The quantitative estimate of drug-likeness (QED) is 0.747. The van der Waals surface area contributed by atoms with Gasteiger partial charge in [0.1, 0.15) is 0 Å². The van der Waals surface area contributed by atoms with Gasteiger partial charge in [0.25, 0.3) is 5.91 Å². The molecule has 2 heteroatoms. The molecule has 1 atom stereocenters. The Morgan fingerprint density at radius 1 is 1.17 bits per heavy atom. The third kappa shape index (κ3) is 1.88. The van der Waals surface area contributed by atoms with E-state index >= 15 is 0 Å². The third-order valence-electron chi connectivity index (χ3n) is 3.73. The average molecular weight is 239 g/mol. The van der Waals surface area contributed by atoms with Crippen molar-refractivity contribution in [3.63, 3.8) is 0 Å². The number of amides is 1. The molecule has 1 fully saturated rings. The van der Waals surface area contributed by atoms with Crippen LogP contribution in [-0.4, -0.2) is 23.9 Å². The Bertz CT molecular complexity index is 585. The third-order valence-corrected chi connectivity index (χ3v) is 3.73. The molecule has 0 aromatic heterocycles. The van der Waals surface area contributed by atoms with Gasteiger partial charge in [-0.3, -0.25) is 4.79 Å². The van der Waals surface area contributed by atoms with Crippen LogP contribution in [0, 0.1) is 5.92 Å². The lowest BCUT2D eigenvalue weighted by Gasteiger charge is -2.17. The fourth-order valence-corrected chi connectivity index (χ4v) is 2.70. The number of carbonyl (C=O) groups excluding carboxylic acids is 1. The molecule has 1 saturated heterocycles. The van der Waals surface area contributed by atoms with Gasteiger partial charge in [-0.15, -0.1) is 0 Å². The number of carbonyl (C=O) groups is 1. The first-order valence-corrected chi connectivity index (χ1v) is 6.53. The molecule has 0 radical (unpaired) electrons. The molecule has 18 heavy (non-hydrogen) atoms. The van der Waals surface area contributed by atoms with Crippen LogP contribution >= 0.6 is 0 Å². The van der Waals surface area contributed by atoms with E-state index in [1.54, 1.807) is 0 Å². The second kappa shape index (κ2) is 4.45. The van der Waals surface area contributed by atoms with Crippen LogP contribution in [0.25, 0.3) is 10.8 Å².